The Bertz CT molecular complexity index is 762. The Kier molecular flexibility index (Phi) is 8.08. The second-order valence-electron chi connectivity index (χ2n) is 5.45. The standard InChI is InChI=1S/C17H17F3N2O3.C2H6/c1-10(2)22-14-7-6-11(9-12(14)16(23)24-3)25-15-13(17(18,19)20)5-4-8-21-15;1-2/h4-10,22H,1-3H3;1-2H3. The Morgan fingerprint density at radius 3 is 2.41 bits per heavy atom. The number of esters is 1. The highest BCUT2D eigenvalue weighted by molar-refractivity contribution is 5.96. The third-order valence-electron chi connectivity index (χ3n) is 3.13. The molecule has 8 heteroatoms. The number of nitrogens with zero attached hydrogens (tertiary/aromatic N) is 1. The maximum Gasteiger partial charge on any atom is 0.421 e. The number of hydrogen-bond acceptors (Lipinski definition) is 5. The minimum atomic E-state index is -4.60. The highest BCUT2D eigenvalue weighted by atomic mass is 19.4. The summed E-state index contributed by atoms with van der Waals surface area (Å²) in [6.45, 7) is 7.77. The van der Waals surface area contributed by atoms with Crippen molar-refractivity contribution in [3.8, 4) is 11.6 Å². The molecule has 0 aliphatic heterocycles. The van der Waals surface area contributed by atoms with Crippen LogP contribution >= 0.6 is 0 Å². The molecule has 1 aromatic carbocycles. The summed E-state index contributed by atoms with van der Waals surface area (Å²) >= 11 is 0. The minimum absolute atomic E-state index is 0.0407. The van der Waals surface area contributed by atoms with Crippen LogP contribution in [0.3, 0.4) is 0 Å². The molecular formula is C19H23F3N2O3. The van der Waals surface area contributed by atoms with E-state index in [1.54, 1.807) is 0 Å². The molecular weight excluding hydrogens is 361 g/mol. The van der Waals surface area contributed by atoms with Crippen LogP contribution in [0.2, 0.25) is 0 Å². The number of ether oxygens (including phenoxy) is 2. The van der Waals surface area contributed by atoms with Crippen molar-refractivity contribution in [1.82, 2.24) is 4.98 Å². The molecule has 27 heavy (non-hydrogen) atoms. The number of nitrogens with one attached hydrogen (secondary N) is 1. The van der Waals surface area contributed by atoms with Crippen LogP contribution in [0.25, 0.3) is 0 Å². The number of alkyl halides is 3. The van der Waals surface area contributed by atoms with Crippen LogP contribution in [0.1, 0.15) is 43.6 Å². The van der Waals surface area contributed by atoms with Crippen LogP contribution in [-0.2, 0) is 10.9 Å². The van der Waals surface area contributed by atoms with Crippen molar-refractivity contribution in [2.75, 3.05) is 12.4 Å². The average Bonchev–Trinajstić information content (AvgIpc) is 2.63. The van der Waals surface area contributed by atoms with Crippen molar-refractivity contribution in [3.05, 3.63) is 47.7 Å². The number of hydrogen-bond donors (Lipinski definition) is 1. The fourth-order valence-corrected chi connectivity index (χ4v) is 2.10. The Balaban J connectivity index is 0.00000176. The van der Waals surface area contributed by atoms with Gasteiger partial charge >= 0.3 is 12.1 Å². The van der Waals surface area contributed by atoms with Crippen LogP contribution in [0, 0.1) is 0 Å². The van der Waals surface area contributed by atoms with Crippen molar-refractivity contribution in [2.24, 2.45) is 0 Å². The molecule has 0 fully saturated rings. The molecule has 0 bridgehead atoms. The van der Waals surface area contributed by atoms with Gasteiger partial charge in [-0.2, -0.15) is 13.2 Å². The highest BCUT2D eigenvalue weighted by Crippen LogP contribution is 2.37. The Hall–Kier alpha value is -2.77. The maximum atomic E-state index is 13.0. The van der Waals surface area contributed by atoms with Gasteiger partial charge in [0.1, 0.15) is 11.3 Å². The lowest BCUT2D eigenvalue weighted by molar-refractivity contribution is -0.138. The van der Waals surface area contributed by atoms with Gasteiger partial charge in [0, 0.05) is 17.9 Å². The number of rotatable bonds is 5. The number of halogens is 3. The van der Waals surface area contributed by atoms with Gasteiger partial charge in [-0.1, -0.05) is 13.8 Å². The number of pyridine rings is 1. The summed E-state index contributed by atoms with van der Waals surface area (Å²) in [7, 11) is 1.22. The highest BCUT2D eigenvalue weighted by Gasteiger charge is 2.35. The lowest BCUT2D eigenvalue weighted by Gasteiger charge is -2.16. The molecule has 0 atom stereocenters. The van der Waals surface area contributed by atoms with Gasteiger partial charge in [-0.05, 0) is 44.2 Å². The van der Waals surface area contributed by atoms with E-state index in [1.165, 1.54) is 37.6 Å². The molecule has 5 nitrogen and oxygen atoms in total. The zero-order chi connectivity index (χ0) is 20.6. The lowest BCUT2D eigenvalue weighted by atomic mass is 10.1. The largest absolute Gasteiger partial charge is 0.465 e. The monoisotopic (exact) mass is 384 g/mol. The van der Waals surface area contributed by atoms with E-state index in [0.29, 0.717) is 5.69 Å². The van der Waals surface area contributed by atoms with Gasteiger partial charge in [-0.15, -0.1) is 0 Å². The number of carbonyl (C=O) groups excluding carboxylic acids is 1. The fourth-order valence-electron chi connectivity index (χ4n) is 2.10. The van der Waals surface area contributed by atoms with Gasteiger partial charge in [0.15, 0.2) is 0 Å². The van der Waals surface area contributed by atoms with Crippen LogP contribution in [0.5, 0.6) is 11.6 Å². The second-order valence-corrected chi connectivity index (χ2v) is 5.45. The number of carbonyl (C=O) groups is 1. The van der Waals surface area contributed by atoms with E-state index in [1.807, 2.05) is 27.7 Å². The summed E-state index contributed by atoms with van der Waals surface area (Å²) < 4.78 is 49.0. The third-order valence-corrected chi connectivity index (χ3v) is 3.13. The summed E-state index contributed by atoms with van der Waals surface area (Å²) in [5.74, 6) is -1.18. The molecule has 0 amide bonds. The summed E-state index contributed by atoms with van der Waals surface area (Å²) in [6, 6.07) is 6.39. The normalized spacial score (nSPS) is 10.7. The molecule has 0 saturated heterocycles. The Morgan fingerprint density at radius 2 is 1.85 bits per heavy atom. The predicted octanol–water partition coefficient (Wildman–Crippen LogP) is 5.53. The molecule has 0 aliphatic carbocycles. The maximum absolute atomic E-state index is 13.0. The van der Waals surface area contributed by atoms with Gasteiger partial charge in [0.2, 0.25) is 5.88 Å². The first kappa shape index (κ1) is 22.3. The first-order chi connectivity index (χ1) is 12.7. The summed E-state index contributed by atoms with van der Waals surface area (Å²) in [5.41, 5.74) is -0.358. The van der Waals surface area contributed by atoms with Crippen molar-refractivity contribution < 1.29 is 27.4 Å². The molecule has 2 aromatic rings. The van der Waals surface area contributed by atoms with Gasteiger partial charge in [0.05, 0.1) is 12.7 Å². The number of methoxy groups -OCH3 is 1. The molecule has 1 aromatic heterocycles. The third kappa shape index (κ3) is 6.16. The van der Waals surface area contributed by atoms with Crippen LogP contribution in [-0.4, -0.2) is 24.1 Å². The Morgan fingerprint density at radius 1 is 1.19 bits per heavy atom. The van der Waals surface area contributed by atoms with E-state index in [9.17, 15) is 18.0 Å². The molecule has 1 heterocycles. The number of aromatic nitrogens is 1. The minimum Gasteiger partial charge on any atom is -0.465 e. The summed E-state index contributed by atoms with van der Waals surface area (Å²) in [4.78, 5) is 15.6. The molecule has 2 rings (SSSR count). The lowest BCUT2D eigenvalue weighted by Crippen LogP contribution is -2.14. The zero-order valence-electron chi connectivity index (χ0n) is 15.8. The summed E-state index contributed by atoms with van der Waals surface area (Å²) in [6.07, 6.45) is -3.41. The average molecular weight is 384 g/mol. The van der Waals surface area contributed by atoms with E-state index in [2.05, 4.69) is 10.3 Å². The SMILES string of the molecule is CC.COC(=O)c1cc(Oc2ncccc2C(F)(F)F)ccc1NC(C)C. The van der Waals surface area contributed by atoms with E-state index >= 15 is 0 Å². The fraction of sp³-hybridized carbons (Fsp3) is 0.368. The predicted molar refractivity (Wildman–Crippen MR) is 97.2 cm³/mol. The van der Waals surface area contributed by atoms with Crippen molar-refractivity contribution in [2.45, 2.75) is 39.9 Å². The topological polar surface area (TPSA) is 60.5 Å². The van der Waals surface area contributed by atoms with Crippen molar-refractivity contribution >= 4 is 11.7 Å². The molecule has 148 valence electrons. The van der Waals surface area contributed by atoms with E-state index < -0.39 is 23.6 Å². The van der Waals surface area contributed by atoms with Crippen molar-refractivity contribution in [1.29, 1.82) is 0 Å². The van der Waals surface area contributed by atoms with Gasteiger partial charge in [-0.25, -0.2) is 9.78 Å². The Labute approximate surface area is 156 Å². The van der Waals surface area contributed by atoms with Gasteiger partial charge < -0.3 is 14.8 Å². The zero-order valence-corrected chi connectivity index (χ0v) is 15.8. The van der Waals surface area contributed by atoms with Gasteiger partial charge in [-0.3, -0.25) is 0 Å². The molecule has 0 radical (unpaired) electrons. The first-order valence-electron chi connectivity index (χ1n) is 8.41. The molecule has 0 aliphatic rings. The number of benzene rings is 1. The molecule has 0 unspecified atom stereocenters. The molecule has 0 spiro atoms. The van der Waals surface area contributed by atoms with E-state index in [-0.39, 0.29) is 17.4 Å². The summed E-state index contributed by atoms with van der Waals surface area (Å²) in [5, 5.41) is 3.06. The molecule has 1 N–H and O–H groups in total. The van der Waals surface area contributed by atoms with Crippen LogP contribution < -0.4 is 10.1 Å². The van der Waals surface area contributed by atoms with Crippen molar-refractivity contribution in [3.63, 3.8) is 0 Å². The van der Waals surface area contributed by atoms with Crippen LogP contribution in [0.15, 0.2) is 36.5 Å². The van der Waals surface area contributed by atoms with Gasteiger partial charge in [0.25, 0.3) is 0 Å². The number of anilines is 1. The smallest absolute Gasteiger partial charge is 0.421 e. The first-order valence-corrected chi connectivity index (χ1v) is 8.41. The second kappa shape index (κ2) is 9.80. The van der Waals surface area contributed by atoms with Crippen LogP contribution in [0.4, 0.5) is 18.9 Å². The van der Waals surface area contributed by atoms with E-state index in [4.69, 9.17) is 9.47 Å². The van der Waals surface area contributed by atoms with E-state index in [0.717, 1.165) is 6.07 Å². The quantitative estimate of drug-likeness (QED) is 0.687. The molecule has 0 saturated carbocycles.